The summed E-state index contributed by atoms with van der Waals surface area (Å²) in [6, 6.07) is 12.3. The second-order valence-electron chi connectivity index (χ2n) is 4.68. The van der Waals surface area contributed by atoms with Gasteiger partial charge >= 0.3 is 0 Å². The molecule has 2 aromatic carbocycles. The van der Waals surface area contributed by atoms with Crippen molar-refractivity contribution in [1.82, 2.24) is 0 Å². The van der Waals surface area contributed by atoms with Crippen molar-refractivity contribution in [3.63, 3.8) is 0 Å². The van der Waals surface area contributed by atoms with Crippen molar-refractivity contribution in [3.05, 3.63) is 63.1 Å². The van der Waals surface area contributed by atoms with Crippen LogP contribution < -0.4 is 10.5 Å². The number of nitrogens with two attached hydrogens (primary N) is 1. The molecule has 100 valence electrons. The van der Waals surface area contributed by atoms with Crippen molar-refractivity contribution in [3.8, 4) is 5.75 Å². The van der Waals surface area contributed by atoms with E-state index >= 15 is 0 Å². The monoisotopic (exact) mass is 319 g/mol. The first kappa shape index (κ1) is 14.1. The molecule has 0 saturated heterocycles. The largest absolute Gasteiger partial charge is 0.489 e. The number of aryl methyl sites for hydroxylation is 2. The minimum atomic E-state index is 0.560. The Hall–Kier alpha value is -1.32. The van der Waals surface area contributed by atoms with Crippen LogP contribution in [0, 0.1) is 13.8 Å². The maximum absolute atomic E-state index is 5.85. The predicted octanol–water partition coefficient (Wildman–Crippen LogP) is 4.10. The minimum absolute atomic E-state index is 0.560. The van der Waals surface area contributed by atoms with Crippen molar-refractivity contribution in [2.45, 2.75) is 27.0 Å². The van der Waals surface area contributed by atoms with E-state index in [4.69, 9.17) is 10.5 Å². The Morgan fingerprint density at radius 3 is 2.32 bits per heavy atom. The lowest BCUT2D eigenvalue weighted by molar-refractivity contribution is 0.305. The van der Waals surface area contributed by atoms with Gasteiger partial charge in [0.25, 0.3) is 0 Å². The van der Waals surface area contributed by atoms with Crippen molar-refractivity contribution >= 4 is 15.9 Å². The molecule has 2 aromatic rings. The molecule has 0 spiro atoms. The molecule has 0 fully saturated rings. The third-order valence-corrected chi connectivity index (χ3v) is 4.29. The third-order valence-electron chi connectivity index (χ3n) is 3.04. The highest BCUT2D eigenvalue weighted by molar-refractivity contribution is 9.10. The summed E-state index contributed by atoms with van der Waals surface area (Å²) in [5.74, 6) is 0.899. The topological polar surface area (TPSA) is 35.2 Å². The molecule has 19 heavy (non-hydrogen) atoms. The van der Waals surface area contributed by atoms with Crippen molar-refractivity contribution < 1.29 is 4.74 Å². The van der Waals surface area contributed by atoms with Crippen LogP contribution in [-0.4, -0.2) is 0 Å². The Labute approximate surface area is 122 Å². The van der Waals surface area contributed by atoms with Crippen LogP contribution in [0.25, 0.3) is 0 Å². The van der Waals surface area contributed by atoms with Crippen LogP contribution in [0.1, 0.15) is 22.3 Å². The molecule has 2 N–H and O–H groups in total. The van der Waals surface area contributed by atoms with E-state index in [-0.39, 0.29) is 0 Å². The van der Waals surface area contributed by atoms with Crippen LogP contribution in [-0.2, 0) is 13.2 Å². The Kier molecular flexibility index (Phi) is 4.61. The van der Waals surface area contributed by atoms with E-state index in [1.165, 1.54) is 11.1 Å². The summed E-state index contributed by atoms with van der Waals surface area (Å²) in [5.41, 5.74) is 10.3. The molecule has 3 heteroatoms. The Morgan fingerprint density at radius 1 is 1.05 bits per heavy atom. The number of hydrogen-bond acceptors (Lipinski definition) is 2. The molecule has 2 nitrogen and oxygen atoms in total. The smallest absolute Gasteiger partial charge is 0.120 e. The van der Waals surface area contributed by atoms with Gasteiger partial charge in [-0.2, -0.15) is 0 Å². The van der Waals surface area contributed by atoms with Crippen LogP contribution in [0.2, 0.25) is 0 Å². The summed E-state index contributed by atoms with van der Waals surface area (Å²) in [7, 11) is 0. The van der Waals surface area contributed by atoms with Gasteiger partial charge in [0, 0.05) is 11.0 Å². The molecule has 0 atom stereocenters. The van der Waals surface area contributed by atoms with Gasteiger partial charge in [0.15, 0.2) is 0 Å². The predicted molar refractivity (Wildman–Crippen MR) is 82.3 cm³/mol. The molecule has 0 aliphatic rings. The molecular formula is C16H18BrNO. The van der Waals surface area contributed by atoms with Crippen LogP contribution in [0.5, 0.6) is 5.75 Å². The van der Waals surface area contributed by atoms with E-state index in [2.05, 4.69) is 41.9 Å². The van der Waals surface area contributed by atoms with Crippen molar-refractivity contribution in [2.75, 3.05) is 0 Å². The fourth-order valence-corrected chi connectivity index (χ4v) is 2.23. The highest BCUT2D eigenvalue weighted by atomic mass is 79.9. The van der Waals surface area contributed by atoms with Gasteiger partial charge < -0.3 is 10.5 Å². The summed E-state index contributed by atoms with van der Waals surface area (Å²) >= 11 is 3.56. The first-order valence-electron chi connectivity index (χ1n) is 6.27. The number of halogens is 1. The van der Waals surface area contributed by atoms with E-state index in [9.17, 15) is 0 Å². The molecule has 0 aliphatic carbocycles. The standard InChI is InChI=1S/C16H18BrNO/c1-11-6-15(7-12(2)16(11)17)19-10-14-5-3-4-13(8-14)9-18/h3-8H,9-10,18H2,1-2H3. The fraction of sp³-hybridized carbons (Fsp3) is 0.250. The maximum Gasteiger partial charge on any atom is 0.120 e. The minimum Gasteiger partial charge on any atom is -0.489 e. The van der Waals surface area contributed by atoms with E-state index < -0.39 is 0 Å². The van der Waals surface area contributed by atoms with E-state index in [1.807, 2.05) is 24.3 Å². The Morgan fingerprint density at radius 2 is 1.68 bits per heavy atom. The zero-order chi connectivity index (χ0) is 13.8. The molecule has 0 amide bonds. The molecule has 0 bridgehead atoms. The van der Waals surface area contributed by atoms with Gasteiger partial charge in [-0.25, -0.2) is 0 Å². The van der Waals surface area contributed by atoms with Crippen molar-refractivity contribution in [1.29, 1.82) is 0 Å². The first-order valence-corrected chi connectivity index (χ1v) is 7.07. The second kappa shape index (κ2) is 6.22. The van der Waals surface area contributed by atoms with Gasteiger partial charge in [0.05, 0.1) is 0 Å². The lowest BCUT2D eigenvalue weighted by Gasteiger charge is -2.10. The van der Waals surface area contributed by atoms with Gasteiger partial charge in [0.2, 0.25) is 0 Å². The fourth-order valence-electron chi connectivity index (χ4n) is 2.00. The highest BCUT2D eigenvalue weighted by Gasteiger charge is 2.03. The molecule has 0 unspecified atom stereocenters. The van der Waals surface area contributed by atoms with E-state index in [0.29, 0.717) is 13.2 Å². The van der Waals surface area contributed by atoms with E-state index in [0.717, 1.165) is 21.3 Å². The van der Waals surface area contributed by atoms with Gasteiger partial charge in [0.1, 0.15) is 12.4 Å². The third kappa shape index (κ3) is 3.58. The lowest BCUT2D eigenvalue weighted by atomic mass is 10.1. The zero-order valence-electron chi connectivity index (χ0n) is 11.2. The molecule has 0 saturated carbocycles. The number of ether oxygens (including phenoxy) is 1. The SMILES string of the molecule is Cc1cc(OCc2cccc(CN)c2)cc(C)c1Br. The molecule has 0 aromatic heterocycles. The van der Waals surface area contributed by atoms with E-state index in [1.54, 1.807) is 0 Å². The molecule has 2 rings (SSSR count). The van der Waals surface area contributed by atoms with Crippen LogP contribution in [0.4, 0.5) is 0 Å². The summed E-state index contributed by atoms with van der Waals surface area (Å²) in [5, 5.41) is 0. The van der Waals surface area contributed by atoms with Gasteiger partial charge in [-0.3, -0.25) is 0 Å². The first-order chi connectivity index (χ1) is 9.10. The van der Waals surface area contributed by atoms with Crippen molar-refractivity contribution in [2.24, 2.45) is 5.73 Å². The number of hydrogen-bond donors (Lipinski definition) is 1. The van der Waals surface area contributed by atoms with Crippen LogP contribution in [0.15, 0.2) is 40.9 Å². The van der Waals surface area contributed by atoms with Gasteiger partial charge in [-0.05, 0) is 48.2 Å². The quantitative estimate of drug-likeness (QED) is 0.920. The average molecular weight is 320 g/mol. The molecule has 0 heterocycles. The highest BCUT2D eigenvalue weighted by Crippen LogP contribution is 2.26. The number of benzene rings is 2. The molecule has 0 aliphatic heterocycles. The maximum atomic E-state index is 5.85. The summed E-state index contributed by atoms with van der Waals surface area (Å²) < 4.78 is 6.99. The van der Waals surface area contributed by atoms with Gasteiger partial charge in [-0.1, -0.05) is 40.2 Å². The normalized spacial score (nSPS) is 10.5. The summed E-state index contributed by atoms with van der Waals surface area (Å²) in [4.78, 5) is 0. The van der Waals surface area contributed by atoms with Crippen LogP contribution >= 0.6 is 15.9 Å². The Balaban J connectivity index is 2.10. The summed E-state index contributed by atoms with van der Waals surface area (Å²) in [6.07, 6.45) is 0. The average Bonchev–Trinajstić information content (AvgIpc) is 2.42. The van der Waals surface area contributed by atoms with Gasteiger partial charge in [-0.15, -0.1) is 0 Å². The van der Waals surface area contributed by atoms with Crippen LogP contribution in [0.3, 0.4) is 0 Å². The molecule has 0 radical (unpaired) electrons. The molecular weight excluding hydrogens is 302 g/mol. The number of rotatable bonds is 4. The zero-order valence-corrected chi connectivity index (χ0v) is 12.8. The Bertz CT molecular complexity index is 558. The summed E-state index contributed by atoms with van der Waals surface area (Å²) in [6.45, 7) is 5.26. The second-order valence-corrected chi connectivity index (χ2v) is 5.48. The lowest BCUT2D eigenvalue weighted by Crippen LogP contribution is -2.00.